The second-order valence-electron chi connectivity index (χ2n) is 9.20. The summed E-state index contributed by atoms with van der Waals surface area (Å²) in [6, 6.07) is 23.5. The van der Waals surface area contributed by atoms with Crippen LogP contribution in [-0.2, 0) is 16.1 Å². The number of phenolic OH excluding ortho intramolecular Hbond substituents is 1. The largest absolute Gasteiger partial charge is 0.505 e. The Labute approximate surface area is 221 Å². The van der Waals surface area contributed by atoms with Crippen molar-refractivity contribution in [1.29, 1.82) is 0 Å². The second kappa shape index (κ2) is 11.6. The molecule has 1 atom stereocenters. The summed E-state index contributed by atoms with van der Waals surface area (Å²) in [5.41, 5.74) is 3.43. The van der Waals surface area contributed by atoms with E-state index >= 15 is 0 Å². The second-order valence-corrected chi connectivity index (χ2v) is 9.20. The van der Waals surface area contributed by atoms with Gasteiger partial charge in [-0.05, 0) is 29.7 Å². The van der Waals surface area contributed by atoms with Crippen molar-refractivity contribution in [3.63, 3.8) is 0 Å². The molecule has 3 aromatic rings. The predicted octanol–water partition coefficient (Wildman–Crippen LogP) is 2.51. The van der Waals surface area contributed by atoms with Crippen LogP contribution in [0.3, 0.4) is 0 Å². The molecule has 0 aromatic heterocycles. The van der Waals surface area contributed by atoms with Crippen molar-refractivity contribution >= 4 is 23.4 Å². The highest BCUT2D eigenvalue weighted by molar-refractivity contribution is 6.06. The summed E-state index contributed by atoms with van der Waals surface area (Å²) in [4.78, 5) is 41.1. The highest BCUT2D eigenvalue weighted by Gasteiger charge is 2.38. The van der Waals surface area contributed by atoms with Gasteiger partial charge >= 0.3 is 11.8 Å². The Hall–Kier alpha value is -4.63. The fourth-order valence-corrected chi connectivity index (χ4v) is 4.27. The summed E-state index contributed by atoms with van der Waals surface area (Å²) in [5, 5.41) is 18.5. The number of nitrogens with one attached hydrogen (secondary N) is 2. The quantitative estimate of drug-likeness (QED) is 0.198. The van der Waals surface area contributed by atoms with Gasteiger partial charge in [-0.1, -0.05) is 73.7 Å². The molecule has 4 rings (SSSR count). The van der Waals surface area contributed by atoms with E-state index in [1.165, 1.54) is 21.4 Å². The van der Waals surface area contributed by atoms with E-state index in [9.17, 15) is 19.5 Å². The van der Waals surface area contributed by atoms with Gasteiger partial charge in [-0.3, -0.25) is 9.59 Å². The van der Waals surface area contributed by atoms with Crippen molar-refractivity contribution in [3.05, 3.63) is 107 Å². The molecule has 0 unspecified atom stereocenters. The zero-order chi connectivity index (χ0) is 27.2. The zero-order valence-corrected chi connectivity index (χ0v) is 21.6. The van der Waals surface area contributed by atoms with Crippen LogP contribution < -0.4 is 16.1 Å². The lowest BCUT2D eigenvalue weighted by Gasteiger charge is -2.29. The number of amides is 3. The van der Waals surface area contributed by atoms with Crippen molar-refractivity contribution in [1.82, 2.24) is 15.2 Å². The average molecular weight is 515 g/mol. The van der Waals surface area contributed by atoms with Crippen molar-refractivity contribution in [2.75, 3.05) is 19.4 Å². The number of nitrogens with two attached hydrogens (primary N) is 1. The smallest absolute Gasteiger partial charge is 0.385 e. The maximum absolute atomic E-state index is 13.8. The molecule has 9 nitrogen and oxygen atoms in total. The Bertz CT molecular complexity index is 1360. The third-order valence-electron chi connectivity index (χ3n) is 6.30. The lowest BCUT2D eigenvalue weighted by molar-refractivity contribution is -0.712. The molecular formula is C29H32N5O4+. The molecule has 1 aliphatic heterocycles. The van der Waals surface area contributed by atoms with Gasteiger partial charge in [0.2, 0.25) is 0 Å². The Kier molecular flexibility index (Phi) is 8.08. The summed E-state index contributed by atoms with van der Waals surface area (Å²) in [6.45, 7) is 2.19. The van der Waals surface area contributed by atoms with Crippen LogP contribution >= 0.6 is 0 Å². The number of carbonyl (C=O) groups excluding carboxylic acids is 3. The zero-order valence-electron chi connectivity index (χ0n) is 21.6. The summed E-state index contributed by atoms with van der Waals surface area (Å²) >= 11 is 0. The SMILES string of the molecule is CC[C@@H](NC1=C(Nc2cccc(C(=O)N(C)C)c2O)C(=O)N(Cc2ccccc2)[NH2+]C1=O)c1ccccc1. The molecule has 0 aliphatic carbocycles. The number of primary amides is 1. The van der Waals surface area contributed by atoms with Gasteiger partial charge < -0.3 is 20.6 Å². The molecule has 0 saturated carbocycles. The number of phenols is 1. The van der Waals surface area contributed by atoms with Gasteiger partial charge in [0.25, 0.3) is 5.91 Å². The number of hydrogen-bond acceptors (Lipinski definition) is 6. The van der Waals surface area contributed by atoms with E-state index < -0.39 is 11.8 Å². The van der Waals surface area contributed by atoms with Gasteiger partial charge in [-0.2, -0.15) is 10.4 Å². The normalized spacial score (nSPS) is 14.3. The van der Waals surface area contributed by atoms with Crippen LogP contribution in [0.1, 0.15) is 40.9 Å². The number of quaternary nitrogens is 1. The maximum atomic E-state index is 13.8. The fourth-order valence-electron chi connectivity index (χ4n) is 4.27. The van der Waals surface area contributed by atoms with Crippen LogP contribution in [0, 0.1) is 0 Å². The first-order chi connectivity index (χ1) is 18.3. The lowest BCUT2D eigenvalue weighted by Crippen LogP contribution is -3.00. The van der Waals surface area contributed by atoms with Crippen LogP contribution in [0.5, 0.6) is 5.75 Å². The first-order valence-corrected chi connectivity index (χ1v) is 12.4. The Morgan fingerprint density at radius 2 is 1.61 bits per heavy atom. The van der Waals surface area contributed by atoms with Gasteiger partial charge in [0.05, 0.1) is 23.8 Å². The molecule has 1 aliphatic rings. The molecule has 3 aromatic carbocycles. The molecule has 5 N–H and O–H groups in total. The van der Waals surface area contributed by atoms with E-state index in [1.54, 1.807) is 26.2 Å². The third kappa shape index (κ3) is 5.68. The molecule has 0 spiro atoms. The molecule has 0 fully saturated rings. The van der Waals surface area contributed by atoms with Crippen LogP contribution in [0.25, 0.3) is 0 Å². The standard InChI is InChI=1S/C29H31N5O4/c1-4-22(20-14-9-6-10-15-20)30-24-25(31-23-17-11-16-21(26(23)35)28(37)33(2)3)29(38)34(32-27(24)36)18-19-12-7-5-8-13-19/h5-17,22,30-31,35H,4,18H2,1-3H3,(H,32,36)/p+1/t22-/m1/s1. The van der Waals surface area contributed by atoms with E-state index in [2.05, 4.69) is 10.6 Å². The first kappa shape index (κ1) is 26.4. The molecule has 0 radical (unpaired) electrons. The van der Waals surface area contributed by atoms with Gasteiger partial charge in [-0.25, -0.2) is 4.79 Å². The van der Waals surface area contributed by atoms with Crippen molar-refractivity contribution in [2.45, 2.75) is 25.9 Å². The van der Waals surface area contributed by atoms with E-state index in [0.29, 0.717) is 6.42 Å². The van der Waals surface area contributed by atoms with E-state index in [4.69, 9.17) is 0 Å². The van der Waals surface area contributed by atoms with Crippen LogP contribution in [0.2, 0.25) is 0 Å². The molecule has 3 amide bonds. The number of aromatic hydroxyl groups is 1. The highest BCUT2D eigenvalue weighted by atomic mass is 16.3. The molecule has 196 valence electrons. The van der Waals surface area contributed by atoms with E-state index in [-0.39, 0.29) is 46.9 Å². The first-order valence-electron chi connectivity index (χ1n) is 12.4. The Morgan fingerprint density at radius 1 is 0.947 bits per heavy atom. The molecule has 38 heavy (non-hydrogen) atoms. The van der Waals surface area contributed by atoms with E-state index in [1.807, 2.05) is 67.6 Å². The third-order valence-corrected chi connectivity index (χ3v) is 6.30. The Morgan fingerprint density at radius 3 is 2.24 bits per heavy atom. The topological polar surface area (TPSA) is 119 Å². The summed E-state index contributed by atoms with van der Waals surface area (Å²) in [5.74, 6) is -1.52. The van der Waals surface area contributed by atoms with Crippen molar-refractivity contribution in [3.8, 4) is 5.75 Å². The molecule has 1 heterocycles. The minimum atomic E-state index is -0.442. The molecule has 0 bridgehead atoms. The number of para-hydroxylation sites is 1. The molecule has 9 heteroatoms. The average Bonchev–Trinajstić information content (AvgIpc) is 2.93. The predicted molar refractivity (Wildman–Crippen MR) is 143 cm³/mol. The van der Waals surface area contributed by atoms with Crippen molar-refractivity contribution < 1.29 is 24.9 Å². The van der Waals surface area contributed by atoms with Crippen molar-refractivity contribution in [2.24, 2.45) is 0 Å². The fraction of sp³-hybridized carbons (Fsp3) is 0.207. The minimum absolute atomic E-state index is 0.00688. The van der Waals surface area contributed by atoms with Gasteiger partial charge in [0.1, 0.15) is 5.70 Å². The summed E-state index contributed by atoms with van der Waals surface area (Å²) < 4.78 is 0. The minimum Gasteiger partial charge on any atom is -0.505 e. The van der Waals surface area contributed by atoms with E-state index in [0.717, 1.165) is 11.1 Å². The van der Waals surface area contributed by atoms with Crippen LogP contribution in [0.15, 0.2) is 90.3 Å². The lowest BCUT2D eigenvalue weighted by atomic mass is 10.0. The number of benzene rings is 3. The maximum Gasteiger partial charge on any atom is 0.385 e. The molecular weight excluding hydrogens is 482 g/mol. The number of nitrogens with zero attached hydrogens (tertiary/aromatic N) is 2. The summed E-state index contributed by atoms with van der Waals surface area (Å²) in [6.07, 6.45) is 0.661. The number of rotatable bonds is 9. The highest BCUT2D eigenvalue weighted by Crippen LogP contribution is 2.31. The Balaban J connectivity index is 1.75. The van der Waals surface area contributed by atoms with Crippen LogP contribution in [-0.4, -0.2) is 46.8 Å². The monoisotopic (exact) mass is 514 g/mol. The number of carbonyl (C=O) groups is 3. The van der Waals surface area contributed by atoms with Gasteiger partial charge in [0, 0.05) is 14.1 Å². The molecule has 0 saturated heterocycles. The van der Waals surface area contributed by atoms with Crippen LogP contribution in [0.4, 0.5) is 5.69 Å². The van der Waals surface area contributed by atoms with Gasteiger partial charge in [-0.15, -0.1) is 0 Å². The summed E-state index contributed by atoms with van der Waals surface area (Å²) in [7, 11) is 3.17. The van der Waals surface area contributed by atoms with Gasteiger partial charge in [0.15, 0.2) is 11.4 Å². The number of anilines is 1. The number of hydrogen-bond donors (Lipinski definition) is 4.